The smallest absolute Gasteiger partial charge is 0.0886 e. The Labute approximate surface area is 104 Å². The maximum absolute atomic E-state index is 9.63. The van der Waals surface area contributed by atoms with Crippen LogP contribution in [0.25, 0.3) is 0 Å². The monoisotopic (exact) mass is 243 g/mol. The Kier molecular flexibility index (Phi) is 6.12. The second-order valence-corrected chi connectivity index (χ2v) is 4.64. The number of aliphatic hydroxyl groups is 1. The average Bonchev–Trinajstić information content (AvgIpc) is 2.66. The van der Waals surface area contributed by atoms with Gasteiger partial charge in [0.25, 0.3) is 0 Å². The van der Waals surface area contributed by atoms with E-state index in [1.165, 1.54) is 0 Å². The number of aliphatic hydroxyl groups excluding tert-OH is 1. The van der Waals surface area contributed by atoms with Crippen LogP contribution >= 0.6 is 0 Å². The molecule has 1 fully saturated rings. The van der Waals surface area contributed by atoms with Gasteiger partial charge < -0.3 is 20.3 Å². The molecule has 0 amide bonds. The molecule has 100 valence electrons. The normalized spacial score (nSPS) is 34.8. The van der Waals surface area contributed by atoms with E-state index in [-0.39, 0.29) is 24.9 Å². The van der Waals surface area contributed by atoms with Gasteiger partial charge in [-0.1, -0.05) is 13.0 Å². The van der Waals surface area contributed by atoms with Gasteiger partial charge in [-0.3, -0.25) is 0 Å². The lowest BCUT2D eigenvalue weighted by Crippen LogP contribution is -2.34. The van der Waals surface area contributed by atoms with E-state index in [2.05, 4.69) is 13.5 Å². The number of hydrogen-bond acceptors (Lipinski definition) is 4. The van der Waals surface area contributed by atoms with Crippen molar-refractivity contribution in [1.29, 1.82) is 0 Å². The van der Waals surface area contributed by atoms with E-state index in [9.17, 15) is 5.11 Å². The van der Waals surface area contributed by atoms with Gasteiger partial charge in [-0.25, -0.2) is 0 Å². The molecule has 1 aliphatic heterocycles. The van der Waals surface area contributed by atoms with E-state index in [4.69, 9.17) is 15.2 Å². The van der Waals surface area contributed by atoms with Crippen molar-refractivity contribution in [2.75, 3.05) is 13.7 Å². The Morgan fingerprint density at radius 3 is 2.71 bits per heavy atom. The molecule has 17 heavy (non-hydrogen) atoms. The third-order valence-electron chi connectivity index (χ3n) is 3.53. The van der Waals surface area contributed by atoms with Crippen LogP contribution in [0.4, 0.5) is 0 Å². The zero-order valence-corrected chi connectivity index (χ0v) is 10.8. The quantitative estimate of drug-likeness (QED) is 0.657. The average molecular weight is 243 g/mol. The molecular formula is C13H25NO3. The third kappa shape index (κ3) is 3.52. The molecule has 1 aliphatic rings. The van der Waals surface area contributed by atoms with Gasteiger partial charge in [-0.15, -0.1) is 6.58 Å². The minimum atomic E-state index is -0.516. The highest BCUT2D eigenvalue weighted by molar-refractivity contribution is 4.94. The molecule has 0 bridgehead atoms. The second kappa shape index (κ2) is 7.11. The molecule has 0 aromatic heterocycles. The standard InChI is InChI=1S/C13H25NO3/c1-4-6-11-10(5-2)13(16-3)12(17-11)7-9(15)8-14/h4,9-13,15H,1,5-8,14H2,2-3H3/t9-,10?,11-,12+,13+/m0/s1. The van der Waals surface area contributed by atoms with Gasteiger partial charge in [0.05, 0.1) is 24.4 Å². The number of nitrogens with two attached hydrogens (primary N) is 1. The summed E-state index contributed by atoms with van der Waals surface area (Å²) in [5.74, 6) is 0.368. The Bertz CT molecular complexity index is 235. The molecule has 0 aromatic rings. The van der Waals surface area contributed by atoms with Crippen LogP contribution in [0, 0.1) is 5.92 Å². The molecule has 1 rings (SSSR count). The summed E-state index contributed by atoms with van der Waals surface area (Å²) in [6.45, 7) is 6.16. The zero-order chi connectivity index (χ0) is 12.8. The summed E-state index contributed by atoms with van der Waals surface area (Å²) in [6.07, 6.45) is 3.87. The molecule has 1 saturated heterocycles. The number of rotatable bonds is 7. The summed E-state index contributed by atoms with van der Waals surface area (Å²) in [4.78, 5) is 0. The van der Waals surface area contributed by atoms with Gasteiger partial charge in [0, 0.05) is 26.0 Å². The van der Waals surface area contributed by atoms with E-state index < -0.39 is 6.10 Å². The first-order chi connectivity index (χ1) is 8.17. The van der Waals surface area contributed by atoms with Crippen molar-refractivity contribution >= 4 is 0 Å². The molecule has 0 aliphatic carbocycles. The summed E-state index contributed by atoms with van der Waals surface area (Å²) in [5, 5.41) is 9.63. The largest absolute Gasteiger partial charge is 0.392 e. The molecule has 5 atom stereocenters. The summed E-state index contributed by atoms with van der Waals surface area (Å²) < 4.78 is 11.5. The summed E-state index contributed by atoms with van der Waals surface area (Å²) in [6, 6.07) is 0. The van der Waals surface area contributed by atoms with Crippen molar-refractivity contribution in [1.82, 2.24) is 0 Å². The molecule has 0 radical (unpaired) electrons. The van der Waals surface area contributed by atoms with E-state index in [0.29, 0.717) is 12.3 Å². The molecule has 0 aromatic carbocycles. The number of ether oxygens (including phenoxy) is 2. The number of methoxy groups -OCH3 is 1. The van der Waals surface area contributed by atoms with Crippen LogP contribution in [0.5, 0.6) is 0 Å². The highest BCUT2D eigenvalue weighted by Crippen LogP contribution is 2.35. The molecule has 3 N–H and O–H groups in total. The van der Waals surface area contributed by atoms with Gasteiger partial charge in [0.15, 0.2) is 0 Å². The van der Waals surface area contributed by atoms with Gasteiger partial charge in [0.1, 0.15) is 0 Å². The first-order valence-corrected chi connectivity index (χ1v) is 6.35. The fourth-order valence-electron chi connectivity index (χ4n) is 2.66. The van der Waals surface area contributed by atoms with E-state index in [1.54, 1.807) is 7.11 Å². The van der Waals surface area contributed by atoms with Crippen LogP contribution in [0.2, 0.25) is 0 Å². The lowest BCUT2D eigenvalue weighted by Gasteiger charge is -2.22. The lowest BCUT2D eigenvalue weighted by molar-refractivity contribution is -0.0295. The van der Waals surface area contributed by atoms with Crippen LogP contribution in [0.3, 0.4) is 0 Å². The summed E-state index contributed by atoms with van der Waals surface area (Å²) in [5.41, 5.74) is 5.43. The maximum atomic E-state index is 9.63. The highest BCUT2D eigenvalue weighted by Gasteiger charge is 2.43. The SMILES string of the molecule is C=CC[C@@H]1O[C@H](C[C@H](O)CN)[C@H](OC)C1CC. The van der Waals surface area contributed by atoms with Gasteiger partial charge in [0.2, 0.25) is 0 Å². The fourth-order valence-corrected chi connectivity index (χ4v) is 2.66. The number of hydrogen-bond donors (Lipinski definition) is 2. The van der Waals surface area contributed by atoms with Crippen LogP contribution in [-0.2, 0) is 9.47 Å². The van der Waals surface area contributed by atoms with Crippen molar-refractivity contribution in [2.45, 2.75) is 50.6 Å². The molecule has 1 unspecified atom stereocenters. The first-order valence-electron chi connectivity index (χ1n) is 6.35. The minimum Gasteiger partial charge on any atom is -0.392 e. The fraction of sp³-hybridized carbons (Fsp3) is 0.846. The Morgan fingerprint density at radius 1 is 1.53 bits per heavy atom. The Hall–Kier alpha value is -0.420. The summed E-state index contributed by atoms with van der Waals surface area (Å²) in [7, 11) is 1.70. The van der Waals surface area contributed by atoms with Crippen molar-refractivity contribution in [3.8, 4) is 0 Å². The molecule has 0 spiro atoms. The first kappa shape index (κ1) is 14.6. The van der Waals surface area contributed by atoms with Crippen molar-refractivity contribution in [3.05, 3.63) is 12.7 Å². The van der Waals surface area contributed by atoms with Crippen LogP contribution in [-0.4, -0.2) is 43.2 Å². The highest BCUT2D eigenvalue weighted by atomic mass is 16.6. The molecule has 4 nitrogen and oxygen atoms in total. The van der Waals surface area contributed by atoms with Gasteiger partial charge >= 0.3 is 0 Å². The van der Waals surface area contributed by atoms with Crippen molar-refractivity contribution in [2.24, 2.45) is 11.7 Å². The molecule has 1 heterocycles. The molecular weight excluding hydrogens is 218 g/mol. The maximum Gasteiger partial charge on any atom is 0.0886 e. The third-order valence-corrected chi connectivity index (χ3v) is 3.53. The van der Waals surface area contributed by atoms with Crippen LogP contribution in [0.1, 0.15) is 26.2 Å². The summed E-state index contributed by atoms with van der Waals surface area (Å²) >= 11 is 0. The van der Waals surface area contributed by atoms with Crippen molar-refractivity contribution < 1.29 is 14.6 Å². The van der Waals surface area contributed by atoms with Gasteiger partial charge in [-0.2, -0.15) is 0 Å². The van der Waals surface area contributed by atoms with Crippen LogP contribution < -0.4 is 5.73 Å². The van der Waals surface area contributed by atoms with Crippen molar-refractivity contribution in [3.63, 3.8) is 0 Å². The van der Waals surface area contributed by atoms with E-state index in [0.717, 1.165) is 12.8 Å². The molecule has 0 saturated carbocycles. The molecule has 4 heteroatoms. The van der Waals surface area contributed by atoms with E-state index in [1.807, 2.05) is 6.08 Å². The lowest BCUT2D eigenvalue weighted by atomic mass is 9.90. The zero-order valence-electron chi connectivity index (χ0n) is 10.8. The topological polar surface area (TPSA) is 64.7 Å². The predicted molar refractivity (Wildman–Crippen MR) is 67.7 cm³/mol. The minimum absolute atomic E-state index is 0.0474. The van der Waals surface area contributed by atoms with Gasteiger partial charge in [-0.05, 0) is 12.8 Å². The Balaban J connectivity index is 2.67. The Morgan fingerprint density at radius 2 is 2.24 bits per heavy atom. The predicted octanol–water partition coefficient (Wildman–Crippen LogP) is 1.08. The van der Waals surface area contributed by atoms with Crippen LogP contribution in [0.15, 0.2) is 12.7 Å². The second-order valence-electron chi connectivity index (χ2n) is 4.64. The van der Waals surface area contributed by atoms with E-state index >= 15 is 0 Å².